The number of nitrogens with one attached hydrogen (secondary N) is 1. The van der Waals surface area contributed by atoms with Crippen LogP contribution in [-0.4, -0.2) is 10.0 Å². The number of rotatable bonds is 3. The Hall–Kier alpha value is -2.56. The molecule has 0 heterocycles. The molecule has 134 valence electrons. The highest BCUT2D eigenvalue weighted by atomic mass is 16.6. The lowest BCUT2D eigenvalue weighted by molar-refractivity contribution is -0.384. The van der Waals surface area contributed by atoms with Crippen LogP contribution in [0.2, 0.25) is 0 Å². The molecule has 0 amide bonds. The predicted molar refractivity (Wildman–Crippen MR) is 102 cm³/mol. The van der Waals surface area contributed by atoms with Crippen LogP contribution in [-0.2, 0) is 10.8 Å². The number of phenolic OH excluding ortho intramolecular Hbond substituents is 1. The molecule has 0 bridgehead atoms. The Labute approximate surface area is 148 Å². The van der Waals surface area contributed by atoms with E-state index in [4.69, 9.17) is 0 Å². The van der Waals surface area contributed by atoms with Crippen LogP contribution in [0.25, 0.3) is 0 Å². The smallest absolute Gasteiger partial charge is 0.269 e. The molecule has 0 radical (unpaired) electrons. The van der Waals surface area contributed by atoms with Gasteiger partial charge in [-0.05, 0) is 34.6 Å². The number of nitro benzene ring substituents is 1. The maximum absolute atomic E-state index is 10.8. The molecule has 0 unspecified atom stereocenters. The van der Waals surface area contributed by atoms with Crippen LogP contribution in [0, 0.1) is 10.1 Å². The van der Waals surface area contributed by atoms with E-state index in [0.29, 0.717) is 11.4 Å². The highest BCUT2D eigenvalue weighted by Crippen LogP contribution is 2.41. The van der Waals surface area contributed by atoms with Crippen molar-refractivity contribution in [2.45, 2.75) is 52.4 Å². The van der Waals surface area contributed by atoms with Crippen molar-refractivity contribution in [3.05, 3.63) is 57.6 Å². The van der Waals surface area contributed by atoms with E-state index in [-0.39, 0.29) is 22.3 Å². The average molecular weight is 342 g/mol. The largest absolute Gasteiger partial charge is 0.505 e. The number of anilines is 2. The molecule has 0 atom stereocenters. The standard InChI is InChI=1S/C20H26N2O3/c1-19(2,3)13-11-16(20(4,5)6)18(23)17(12-13)21-14-7-9-15(10-8-14)22(24)25/h7-12,21,23H,1-6H3. The summed E-state index contributed by atoms with van der Waals surface area (Å²) in [5, 5.41) is 24.7. The van der Waals surface area contributed by atoms with Gasteiger partial charge in [-0.2, -0.15) is 0 Å². The summed E-state index contributed by atoms with van der Waals surface area (Å²) >= 11 is 0. The van der Waals surface area contributed by atoms with E-state index in [2.05, 4.69) is 52.9 Å². The molecular weight excluding hydrogens is 316 g/mol. The first-order chi connectivity index (χ1) is 11.4. The molecule has 2 aromatic rings. The zero-order valence-electron chi connectivity index (χ0n) is 15.7. The number of non-ortho nitro benzene ring substituents is 1. The third-order valence-electron chi connectivity index (χ3n) is 4.14. The Morgan fingerprint density at radius 3 is 1.96 bits per heavy atom. The Morgan fingerprint density at radius 2 is 1.52 bits per heavy atom. The SMILES string of the molecule is CC(C)(C)c1cc(Nc2ccc([N+](=O)[O-])cc2)c(O)c(C(C)(C)C)c1. The number of hydrogen-bond donors (Lipinski definition) is 2. The van der Waals surface area contributed by atoms with Crippen molar-refractivity contribution in [2.24, 2.45) is 0 Å². The second kappa shape index (κ2) is 6.39. The van der Waals surface area contributed by atoms with Crippen LogP contribution in [0.1, 0.15) is 52.7 Å². The van der Waals surface area contributed by atoms with Gasteiger partial charge in [-0.15, -0.1) is 0 Å². The van der Waals surface area contributed by atoms with Gasteiger partial charge in [0.15, 0.2) is 0 Å². The van der Waals surface area contributed by atoms with Crippen LogP contribution < -0.4 is 5.32 Å². The molecule has 5 heteroatoms. The van der Waals surface area contributed by atoms with Crippen LogP contribution in [0.15, 0.2) is 36.4 Å². The summed E-state index contributed by atoms with van der Waals surface area (Å²) in [7, 11) is 0. The first-order valence-corrected chi connectivity index (χ1v) is 8.29. The summed E-state index contributed by atoms with van der Waals surface area (Å²) in [5.74, 6) is 0.207. The van der Waals surface area contributed by atoms with E-state index in [1.54, 1.807) is 12.1 Å². The maximum atomic E-state index is 10.8. The van der Waals surface area contributed by atoms with E-state index in [0.717, 1.165) is 11.1 Å². The molecule has 5 nitrogen and oxygen atoms in total. The molecule has 25 heavy (non-hydrogen) atoms. The van der Waals surface area contributed by atoms with E-state index in [1.165, 1.54) is 12.1 Å². The predicted octanol–water partition coefficient (Wildman–Crippen LogP) is 5.64. The van der Waals surface area contributed by atoms with Gasteiger partial charge in [0.1, 0.15) is 5.75 Å². The summed E-state index contributed by atoms with van der Waals surface area (Å²) < 4.78 is 0. The first kappa shape index (κ1) is 18.8. The molecule has 2 N–H and O–H groups in total. The Morgan fingerprint density at radius 1 is 0.960 bits per heavy atom. The molecule has 2 aromatic carbocycles. The quantitative estimate of drug-likeness (QED) is 0.430. The van der Waals surface area contributed by atoms with Crippen molar-refractivity contribution in [3.8, 4) is 5.75 Å². The number of hydrogen-bond acceptors (Lipinski definition) is 4. The molecule has 0 aliphatic rings. The number of benzene rings is 2. The summed E-state index contributed by atoms with van der Waals surface area (Å²) in [6, 6.07) is 10.1. The summed E-state index contributed by atoms with van der Waals surface area (Å²) in [6.45, 7) is 12.6. The first-order valence-electron chi connectivity index (χ1n) is 8.29. The van der Waals surface area contributed by atoms with E-state index in [9.17, 15) is 15.2 Å². The number of phenols is 1. The summed E-state index contributed by atoms with van der Waals surface area (Å²) in [6.07, 6.45) is 0. The molecule has 0 aliphatic heterocycles. The zero-order chi connectivity index (χ0) is 19.0. The fourth-order valence-electron chi connectivity index (χ4n) is 2.56. The molecule has 0 aromatic heterocycles. The van der Waals surface area contributed by atoms with Crippen LogP contribution in [0.4, 0.5) is 17.1 Å². The van der Waals surface area contributed by atoms with Crippen molar-refractivity contribution in [2.75, 3.05) is 5.32 Å². The minimum Gasteiger partial charge on any atom is -0.505 e. The second-order valence-corrected chi connectivity index (χ2v) is 8.35. The van der Waals surface area contributed by atoms with Gasteiger partial charge < -0.3 is 10.4 Å². The molecule has 0 spiro atoms. The molecular formula is C20H26N2O3. The maximum Gasteiger partial charge on any atom is 0.269 e. The molecule has 0 saturated heterocycles. The number of nitro groups is 1. The van der Waals surface area contributed by atoms with E-state index in [1.807, 2.05) is 6.07 Å². The topological polar surface area (TPSA) is 75.4 Å². The van der Waals surface area contributed by atoms with E-state index >= 15 is 0 Å². The third-order valence-corrected chi connectivity index (χ3v) is 4.14. The van der Waals surface area contributed by atoms with Gasteiger partial charge in [-0.25, -0.2) is 0 Å². The van der Waals surface area contributed by atoms with Crippen molar-refractivity contribution < 1.29 is 10.0 Å². The van der Waals surface area contributed by atoms with Crippen molar-refractivity contribution >= 4 is 17.1 Å². The van der Waals surface area contributed by atoms with Gasteiger partial charge in [0.25, 0.3) is 5.69 Å². The lowest BCUT2D eigenvalue weighted by atomic mass is 9.79. The van der Waals surface area contributed by atoms with Gasteiger partial charge in [-0.3, -0.25) is 10.1 Å². The average Bonchev–Trinajstić information content (AvgIpc) is 2.47. The van der Waals surface area contributed by atoms with Crippen molar-refractivity contribution in [1.29, 1.82) is 0 Å². The summed E-state index contributed by atoms with van der Waals surface area (Å²) in [5.41, 5.74) is 3.02. The Kier molecular flexibility index (Phi) is 4.80. The Bertz CT molecular complexity index is 782. The third kappa shape index (κ3) is 4.29. The fraction of sp³-hybridized carbons (Fsp3) is 0.400. The zero-order valence-corrected chi connectivity index (χ0v) is 15.7. The fourth-order valence-corrected chi connectivity index (χ4v) is 2.56. The number of aromatic hydroxyl groups is 1. The normalized spacial score (nSPS) is 12.1. The molecule has 2 rings (SSSR count). The van der Waals surface area contributed by atoms with Gasteiger partial charge in [0.05, 0.1) is 10.6 Å². The van der Waals surface area contributed by atoms with Gasteiger partial charge >= 0.3 is 0 Å². The molecule has 0 saturated carbocycles. The van der Waals surface area contributed by atoms with Gasteiger partial charge in [-0.1, -0.05) is 47.6 Å². The highest BCUT2D eigenvalue weighted by Gasteiger charge is 2.25. The van der Waals surface area contributed by atoms with Crippen LogP contribution >= 0.6 is 0 Å². The van der Waals surface area contributed by atoms with Crippen LogP contribution in [0.3, 0.4) is 0 Å². The van der Waals surface area contributed by atoms with E-state index < -0.39 is 4.92 Å². The monoisotopic (exact) mass is 342 g/mol. The minimum absolute atomic E-state index is 0.0357. The summed E-state index contributed by atoms with van der Waals surface area (Å²) in [4.78, 5) is 10.3. The highest BCUT2D eigenvalue weighted by molar-refractivity contribution is 5.70. The van der Waals surface area contributed by atoms with Crippen LogP contribution in [0.5, 0.6) is 5.75 Å². The lowest BCUT2D eigenvalue weighted by Gasteiger charge is -2.27. The number of nitrogens with zero attached hydrogens (tertiary/aromatic N) is 1. The lowest BCUT2D eigenvalue weighted by Crippen LogP contribution is -2.17. The van der Waals surface area contributed by atoms with Gasteiger partial charge in [0.2, 0.25) is 0 Å². The minimum atomic E-state index is -0.431. The van der Waals surface area contributed by atoms with Gasteiger partial charge in [0, 0.05) is 23.4 Å². The van der Waals surface area contributed by atoms with Crippen molar-refractivity contribution in [1.82, 2.24) is 0 Å². The second-order valence-electron chi connectivity index (χ2n) is 8.35. The molecule has 0 fully saturated rings. The molecule has 0 aliphatic carbocycles. The Balaban J connectivity index is 2.50. The van der Waals surface area contributed by atoms with Crippen molar-refractivity contribution in [3.63, 3.8) is 0 Å².